The van der Waals surface area contributed by atoms with E-state index in [1.165, 1.54) is 0 Å². The molecule has 2 aliphatic rings. The second-order valence-corrected chi connectivity index (χ2v) is 6.83. The van der Waals surface area contributed by atoms with Crippen molar-refractivity contribution in [3.8, 4) is 5.88 Å². The van der Waals surface area contributed by atoms with Crippen LogP contribution in [0.1, 0.15) is 43.8 Å². The number of nitrogens with one attached hydrogen (secondary N) is 2. The summed E-state index contributed by atoms with van der Waals surface area (Å²) in [6.07, 6.45) is 4.79. The van der Waals surface area contributed by atoms with E-state index < -0.39 is 5.97 Å². The monoisotopic (exact) mass is 363 g/mol. The van der Waals surface area contributed by atoms with Crippen LogP contribution in [0.3, 0.4) is 0 Å². The third-order valence-electron chi connectivity index (χ3n) is 5.12. The first kappa shape index (κ1) is 18.4. The van der Waals surface area contributed by atoms with Gasteiger partial charge in [0.05, 0.1) is 19.1 Å². The van der Waals surface area contributed by atoms with E-state index >= 15 is 0 Å². The van der Waals surface area contributed by atoms with Crippen molar-refractivity contribution in [2.75, 3.05) is 13.7 Å². The second kappa shape index (κ2) is 8.35. The summed E-state index contributed by atoms with van der Waals surface area (Å²) in [4.78, 5) is 27.5. The molecular formula is C18H25N3O5. The maximum Gasteiger partial charge on any atom is 0.315 e. The molecule has 3 N–H and O–H groups in total. The lowest BCUT2D eigenvalue weighted by Gasteiger charge is -2.28. The van der Waals surface area contributed by atoms with Gasteiger partial charge in [0.15, 0.2) is 0 Å². The quantitative estimate of drug-likeness (QED) is 0.737. The van der Waals surface area contributed by atoms with Gasteiger partial charge in [0.2, 0.25) is 5.88 Å². The number of hydrogen-bond acceptors (Lipinski definition) is 5. The number of rotatable bonds is 5. The highest BCUT2D eigenvalue weighted by Crippen LogP contribution is 2.29. The van der Waals surface area contributed by atoms with Crippen molar-refractivity contribution in [1.29, 1.82) is 0 Å². The van der Waals surface area contributed by atoms with Crippen LogP contribution < -0.4 is 15.4 Å². The standard InChI is InChI=1S/C18H25N3O5/c1-25-15-7-4-12(10-19-15)16-14(8-9-26-16)21-18(24)20-13-5-2-11(3-6-13)17(22)23/h4,7,10-11,13-14,16H,2-3,5-6,8-9H2,1H3,(H,22,23)(H2,20,21,24)/t11?,13?,14-,16+/m0/s1. The van der Waals surface area contributed by atoms with Crippen molar-refractivity contribution >= 4 is 12.0 Å². The third kappa shape index (κ3) is 4.43. The predicted molar refractivity (Wildman–Crippen MR) is 92.9 cm³/mol. The number of carbonyl (C=O) groups is 2. The Bertz CT molecular complexity index is 628. The molecule has 2 atom stereocenters. The maximum absolute atomic E-state index is 12.3. The number of aliphatic carboxylic acids is 1. The smallest absolute Gasteiger partial charge is 0.315 e. The van der Waals surface area contributed by atoms with Crippen LogP contribution in [0.15, 0.2) is 18.3 Å². The van der Waals surface area contributed by atoms with Crippen LogP contribution in [-0.4, -0.2) is 47.9 Å². The molecule has 0 bridgehead atoms. The van der Waals surface area contributed by atoms with Gasteiger partial charge < -0.3 is 25.2 Å². The summed E-state index contributed by atoms with van der Waals surface area (Å²) in [6, 6.07) is 3.33. The first-order valence-electron chi connectivity index (χ1n) is 8.98. The number of carboxylic acid groups (broad SMARTS) is 1. The number of amides is 2. The van der Waals surface area contributed by atoms with Crippen LogP contribution >= 0.6 is 0 Å². The zero-order valence-corrected chi connectivity index (χ0v) is 14.8. The Morgan fingerprint density at radius 2 is 1.96 bits per heavy atom. The molecule has 1 saturated carbocycles. The van der Waals surface area contributed by atoms with Crippen molar-refractivity contribution in [3.63, 3.8) is 0 Å². The molecule has 8 heteroatoms. The minimum atomic E-state index is -0.744. The highest BCUT2D eigenvalue weighted by atomic mass is 16.5. The summed E-state index contributed by atoms with van der Waals surface area (Å²) in [5.74, 6) is -0.496. The number of methoxy groups -OCH3 is 1. The van der Waals surface area contributed by atoms with Crippen LogP contribution in [-0.2, 0) is 9.53 Å². The van der Waals surface area contributed by atoms with E-state index in [2.05, 4.69) is 15.6 Å². The Hall–Kier alpha value is -2.35. The minimum Gasteiger partial charge on any atom is -0.481 e. The van der Waals surface area contributed by atoms with E-state index in [0.29, 0.717) is 38.2 Å². The molecule has 2 amide bonds. The summed E-state index contributed by atoms with van der Waals surface area (Å²) in [5, 5.41) is 15.0. The second-order valence-electron chi connectivity index (χ2n) is 6.83. The Morgan fingerprint density at radius 1 is 1.19 bits per heavy atom. The molecule has 1 aromatic heterocycles. The van der Waals surface area contributed by atoms with Gasteiger partial charge in [-0.05, 0) is 38.2 Å². The minimum absolute atomic E-state index is 0.0222. The molecule has 1 aliphatic heterocycles. The highest BCUT2D eigenvalue weighted by molar-refractivity contribution is 5.75. The lowest BCUT2D eigenvalue weighted by atomic mass is 9.86. The molecule has 142 valence electrons. The van der Waals surface area contributed by atoms with E-state index in [9.17, 15) is 9.59 Å². The fourth-order valence-corrected chi connectivity index (χ4v) is 3.63. The maximum atomic E-state index is 12.3. The topological polar surface area (TPSA) is 110 Å². The van der Waals surface area contributed by atoms with Crippen LogP contribution in [0, 0.1) is 5.92 Å². The van der Waals surface area contributed by atoms with Gasteiger partial charge in [0.1, 0.15) is 6.10 Å². The number of carboxylic acids is 1. The number of nitrogens with zero attached hydrogens (tertiary/aromatic N) is 1. The number of hydrogen-bond donors (Lipinski definition) is 3. The SMILES string of the molecule is COc1ccc([C@H]2OCC[C@@H]2NC(=O)NC2CCC(C(=O)O)CC2)cn1. The van der Waals surface area contributed by atoms with Gasteiger partial charge in [-0.1, -0.05) is 0 Å². The summed E-state index contributed by atoms with van der Waals surface area (Å²) < 4.78 is 10.8. The number of ether oxygens (including phenoxy) is 2. The van der Waals surface area contributed by atoms with Gasteiger partial charge in [0.25, 0.3) is 0 Å². The summed E-state index contributed by atoms with van der Waals surface area (Å²) >= 11 is 0. The van der Waals surface area contributed by atoms with Crippen molar-refractivity contribution < 1.29 is 24.2 Å². The van der Waals surface area contributed by atoms with Gasteiger partial charge >= 0.3 is 12.0 Å². The number of urea groups is 1. The van der Waals surface area contributed by atoms with Crippen molar-refractivity contribution in [2.24, 2.45) is 5.92 Å². The van der Waals surface area contributed by atoms with E-state index in [1.807, 2.05) is 6.07 Å². The molecule has 26 heavy (non-hydrogen) atoms. The average molecular weight is 363 g/mol. The molecule has 2 fully saturated rings. The number of aromatic nitrogens is 1. The van der Waals surface area contributed by atoms with Gasteiger partial charge in [-0.3, -0.25) is 4.79 Å². The molecule has 0 spiro atoms. The van der Waals surface area contributed by atoms with Crippen molar-refractivity contribution in [1.82, 2.24) is 15.6 Å². The highest BCUT2D eigenvalue weighted by Gasteiger charge is 2.32. The molecule has 0 unspecified atom stereocenters. The average Bonchev–Trinajstić information content (AvgIpc) is 3.10. The number of pyridine rings is 1. The molecule has 0 radical (unpaired) electrons. The Kier molecular flexibility index (Phi) is 5.92. The van der Waals surface area contributed by atoms with Crippen LogP contribution in [0.25, 0.3) is 0 Å². The Morgan fingerprint density at radius 3 is 2.58 bits per heavy atom. The Balaban J connectivity index is 1.51. The zero-order chi connectivity index (χ0) is 18.5. The Labute approximate surface area is 152 Å². The van der Waals surface area contributed by atoms with Crippen LogP contribution in [0.2, 0.25) is 0 Å². The van der Waals surface area contributed by atoms with Gasteiger partial charge in [-0.25, -0.2) is 9.78 Å². The molecule has 0 aromatic carbocycles. The van der Waals surface area contributed by atoms with Crippen LogP contribution in [0.5, 0.6) is 5.88 Å². The molecule has 2 heterocycles. The first-order valence-corrected chi connectivity index (χ1v) is 8.98. The third-order valence-corrected chi connectivity index (χ3v) is 5.12. The fraction of sp³-hybridized carbons (Fsp3) is 0.611. The van der Waals surface area contributed by atoms with Crippen molar-refractivity contribution in [3.05, 3.63) is 23.9 Å². The first-order chi connectivity index (χ1) is 12.6. The van der Waals surface area contributed by atoms with Gasteiger partial charge in [-0.2, -0.15) is 0 Å². The molecular weight excluding hydrogens is 338 g/mol. The van der Waals surface area contributed by atoms with E-state index in [0.717, 1.165) is 12.0 Å². The van der Waals surface area contributed by atoms with Gasteiger partial charge in [-0.15, -0.1) is 0 Å². The fourth-order valence-electron chi connectivity index (χ4n) is 3.63. The molecule has 3 rings (SSSR count). The normalized spacial score (nSPS) is 28.3. The van der Waals surface area contributed by atoms with E-state index in [1.54, 1.807) is 19.4 Å². The molecule has 1 aromatic rings. The molecule has 8 nitrogen and oxygen atoms in total. The van der Waals surface area contributed by atoms with Gasteiger partial charge in [0, 0.05) is 30.5 Å². The largest absolute Gasteiger partial charge is 0.481 e. The summed E-state index contributed by atoms with van der Waals surface area (Å²) in [6.45, 7) is 0.575. The lowest BCUT2D eigenvalue weighted by Crippen LogP contribution is -2.48. The predicted octanol–water partition coefficient (Wildman–Crippen LogP) is 1.86. The van der Waals surface area contributed by atoms with Crippen LogP contribution in [0.4, 0.5) is 4.79 Å². The van der Waals surface area contributed by atoms with E-state index in [4.69, 9.17) is 14.6 Å². The van der Waals surface area contributed by atoms with E-state index in [-0.39, 0.29) is 30.1 Å². The lowest BCUT2D eigenvalue weighted by molar-refractivity contribution is -0.142. The van der Waals surface area contributed by atoms with Crippen molar-refractivity contribution in [2.45, 2.75) is 50.3 Å². The zero-order valence-electron chi connectivity index (χ0n) is 14.8. The number of carbonyl (C=O) groups excluding carboxylic acids is 1. The molecule has 1 saturated heterocycles. The summed E-state index contributed by atoms with van der Waals surface area (Å²) in [5.41, 5.74) is 0.899. The molecule has 1 aliphatic carbocycles. The summed E-state index contributed by atoms with van der Waals surface area (Å²) in [7, 11) is 1.56.